The first-order valence-electron chi connectivity index (χ1n) is 5.38. The summed E-state index contributed by atoms with van der Waals surface area (Å²) in [5, 5.41) is 16.4. The Kier molecular flexibility index (Phi) is 3.70. The number of aliphatic hydroxyl groups is 1. The lowest BCUT2D eigenvalue weighted by molar-refractivity contribution is 0.0689. The molecule has 1 rings (SSSR count). The minimum atomic E-state index is -0.901. The van der Waals surface area contributed by atoms with Gasteiger partial charge in [0.05, 0.1) is 11.3 Å². The maximum absolute atomic E-state index is 11.8. The molecule has 0 bridgehead atoms. The minimum absolute atomic E-state index is 0.204. The number of rotatable bonds is 4. The first kappa shape index (κ1) is 12.7. The minimum Gasteiger partial charge on any atom is -0.389 e. The molecule has 0 saturated carbocycles. The normalized spacial score (nSPS) is 11.6. The largest absolute Gasteiger partial charge is 0.389 e. The number of amides is 1. The molecule has 0 unspecified atom stereocenters. The van der Waals surface area contributed by atoms with Gasteiger partial charge in [-0.3, -0.25) is 9.48 Å². The first-order chi connectivity index (χ1) is 7.33. The number of nitrogens with zero attached hydrogens (tertiary/aromatic N) is 2. The maximum Gasteiger partial charge on any atom is 0.269 e. The van der Waals surface area contributed by atoms with Gasteiger partial charge >= 0.3 is 0 Å². The molecular weight excluding hydrogens is 206 g/mol. The number of aromatic nitrogens is 2. The Morgan fingerprint density at radius 2 is 2.25 bits per heavy atom. The Balaban J connectivity index is 2.73. The zero-order chi connectivity index (χ0) is 12.3. The molecule has 90 valence electrons. The first-order valence-corrected chi connectivity index (χ1v) is 5.38. The lowest BCUT2D eigenvalue weighted by atomic mass is 10.1. The Labute approximate surface area is 95.5 Å². The van der Waals surface area contributed by atoms with E-state index in [0.717, 1.165) is 5.69 Å². The van der Waals surface area contributed by atoms with Crippen LogP contribution in [-0.4, -0.2) is 32.9 Å². The molecule has 0 radical (unpaired) electrons. The molecular formula is C11H19N3O2. The molecule has 0 fully saturated rings. The van der Waals surface area contributed by atoms with Crippen molar-refractivity contribution in [1.82, 2.24) is 15.1 Å². The molecule has 1 amide bonds. The molecule has 0 aliphatic carbocycles. The number of aryl methyl sites for hydroxylation is 2. The van der Waals surface area contributed by atoms with E-state index in [1.807, 2.05) is 13.8 Å². The lowest BCUT2D eigenvalue weighted by Gasteiger charge is -2.17. The number of carbonyl (C=O) groups excluding carboxylic acids is 1. The molecule has 1 heterocycles. The van der Waals surface area contributed by atoms with E-state index >= 15 is 0 Å². The van der Waals surface area contributed by atoms with Crippen LogP contribution in [0.25, 0.3) is 0 Å². The third kappa shape index (κ3) is 3.34. The highest BCUT2D eigenvalue weighted by Gasteiger charge is 2.17. The summed E-state index contributed by atoms with van der Waals surface area (Å²) in [5.74, 6) is -0.204. The van der Waals surface area contributed by atoms with E-state index in [0.29, 0.717) is 12.2 Å². The van der Waals surface area contributed by atoms with Gasteiger partial charge in [-0.15, -0.1) is 0 Å². The van der Waals surface area contributed by atoms with Crippen LogP contribution in [-0.2, 0) is 6.54 Å². The van der Waals surface area contributed by atoms with E-state index in [2.05, 4.69) is 10.4 Å². The lowest BCUT2D eigenvalue weighted by Crippen LogP contribution is -2.38. The van der Waals surface area contributed by atoms with Crippen molar-refractivity contribution in [3.05, 3.63) is 17.5 Å². The monoisotopic (exact) mass is 225 g/mol. The molecule has 0 aliphatic rings. The number of carbonyl (C=O) groups is 1. The van der Waals surface area contributed by atoms with Crippen molar-refractivity contribution in [1.29, 1.82) is 0 Å². The molecule has 1 aromatic heterocycles. The van der Waals surface area contributed by atoms with Crippen molar-refractivity contribution in [2.75, 3.05) is 6.54 Å². The predicted octanol–water partition coefficient (Wildman–Crippen LogP) is 0.712. The highest BCUT2D eigenvalue weighted by Crippen LogP contribution is 2.04. The van der Waals surface area contributed by atoms with Gasteiger partial charge in [0.15, 0.2) is 0 Å². The second-order valence-electron chi connectivity index (χ2n) is 4.48. The summed E-state index contributed by atoms with van der Waals surface area (Å²) in [6, 6.07) is 1.74. The Morgan fingerprint density at radius 3 is 2.75 bits per heavy atom. The van der Waals surface area contributed by atoms with E-state index in [9.17, 15) is 9.90 Å². The van der Waals surface area contributed by atoms with Crippen LogP contribution in [0.4, 0.5) is 0 Å². The molecule has 5 nitrogen and oxygen atoms in total. The standard InChI is InChI=1S/C11H19N3O2/c1-5-14-9(6-8(2)13-14)10(15)12-7-11(3,4)16/h6,16H,5,7H2,1-4H3,(H,12,15). The SMILES string of the molecule is CCn1nc(C)cc1C(=O)NCC(C)(C)O. The van der Waals surface area contributed by atoms with Crippen LogP contribution < -0.4 is 5.32 Å². The van der Waals surface area contributed by atoms with Gasteiger partial charge in [0.25, 0.3) is 5.91 Å². The molecule has 0 aliphatic heterocycles. The van der Waals surface area contributed by atoms with E-state index in [1.165, 1.54) is 0 Å². The Bertz CT molecular complexity index is 377. The fourth-order valence-electron chi connectivity index (χ4n) is 1.36. The Hall–Kier alpha value is -1.36. The fourth-order valence-corrected chi connectivity index (χ4v) is 1.36. The van der Waals surface area contributed by atoms with Gasteiger partial charge in [-0.2, -0.15) is 5.10 Å². The summed E-state index contributed by atoms with van der Waals surface area (Å²) in [4.78, 5) is 11.8. The summed E-state index contributed by atoms with van der Waals surface area (Å²) in [7, 11) is 0. The van der Waals surface area contributed by atoms with E-state index in [4.69, 9.17) is 0 Å². The van der Waals surface area contributed by atoms with Crippen LogP contribution in [0.15, 0.2) is 6.07 Å². The zero-order valence-corrected chi connectivity index (χ0v) is 10.2. The average molecular weight is 225 g/mol. The second-order valence-corrected chi connectivity index (χ2v) is 4.48. The van der Waals surface area contributed by atoms with Crippen LogP contribution in [0.1, 0.15) is 37.0 Å². The van der Waals surface area contributed by atoms with Gasteiger partial charge in [0, 0.05) is 13.1 Å². The van der Waals surface area contributed by atoms with E-state index in [-0.39, 0.29) is 12.5 Å². The van der Waals surface area contributed by atoms with Crippen molar-refractivity contribution in [2.45, 2.75) is 39.8 Å². The molecule has 0 aromatic carbocycles. The van der Waals surface area contributed by atoms with Crippen LogP contribution in [0.2, 0.25) is 0 Å². The van der Waals surface area contributed by atoms with Crippen molar-refractivity contribution >= 4 is 5.91 Å². The van der Waals surface area contributed by atoms with Crippen molar-refractivity contribution in [3.63, 3.8) is 0 Å². The summed E-state index contributed by atoms with van der Waals surface area (Å²) < 4.78 is 1.65. The molecule has 1 aromatic rings. The molecule has 16 heavy (non-hydrogen) atoms. The van der Waals surface area contributed by atoms with Gasteiger partial charge < -0.3 is 10.4 Å². The quantitative estimate of drug-likeness (QED) is 0.793. The molecule has 0 spiro atoms. The summed E-state index contributed by atoms with van der Waals surface area (Å²) in [6.07, 6.45) is 0. The van der Waals surface area contributed by atoms with Gasteiger partial charge in [-0.1, -0.05) is 0 Å². The smallest absolute Gasteiger partial charge is 0.269 e. The van der Waals surface area contributed by atoms with Gasteiger partial charge in [0.2, 0.25) is 0 Å². The maximum atomic E-state index is 11.8. The van der Waals surface area contributed by atoms with Gasteiger partial charge in [-0.05, 0) is 33.8 Å². The van der Waals surface area contributed by atoms with E-state index < -0.39 is 5.60 Å². The van der Waals surface area contributed by atoms with Crippen LogP contribution in [0, 0.1) is 6.92 Å². The molecule has 2 N–H and O–H groups in total. The van der Waals surface area contributed by atoms with E-state index in [1.54, 1.807) is 24.6 Å². The highest BCUT2D eigenvalue weighted by atomic mass is 16.3. The van der Waals surface area contributed by atoms with Crippen molar-refractivity contribution in [3.8, 4) is 0 Å². The van der Waals surface area contributed by atoms with Crippen molar-refractivity contribution in [2.24, 2.45) is 0 Å². The van der Waals surface area contributed by atoms with Gasteiger partial charge in [-0.25, -0.2) is 0 Å². The van der Waals surface area contributed by atoms with Crippen LogP contribution in [0.5, 0.6) is 0 Å². The number of nitrogens with one attached hydrogen (secondary N) is 1. The summed E-state index contributed by atoms with van der Waals surface area (Å²) >= 11 is 0. The predicted molar refractivity (Wildman–Crippen MR) is 61.3 cm³/mol. The summed E-state index contributed by atoms with van der Waals surface area (Å²) in [5.41, 5.74) is 0.446. The number of hydrogen-bond donors (Lipinski definition) is 2. The van der Waals surface area contributed by atoms with Crippen LogP contribution >= 0.6 is 0 Å². The average Bonchev–Trinajstić information content (AvgIpc) is 2.55. The molecule has 0 atom stereocenters. The topological polar surface area (TPSA) is 67.2 Å². The van der Waals surface area contributed by atoms with Crippen LogP contribution in [0.3, 0.4) is 0 Å². The highest BCUT2D eigenvalue weighted by molar-refractivity contribution is 5.92. The third-order valence-corrected chi connectivity index (χ3v) is 2.12. The fraction of sp³-hybridized carbons (Fsp3) is 0.636. The zero-order valence-electron chi connectivity index (χ0n) is 10.2. The Morgan fingerprint density at radius 1 is 1.62 bits per heavy atom. The number of hydrogen-bond acceptors (Lipinski definition) is 3. The summed E-state index contributed by atoms with van der Waals surface area (Å²) in [6.45, 7) is 7.95. The molecule has 5 heteroatoms. The van der Waals surface area contributed by atoms with Crippen molar-refractivity contribution < 1.29 is 9.90 Å². The van der Waals surface area contributed by atoms with Gasteiger partial charge in [0.1, 0.15) is 5.69 Å². The third-order valence-electron chi connectivity index (χ3n) is 2.12. The molecule has 0 saturated heterocycles. The second kappa shape index (κ2) is 4.65.